The third kappa shape index (κ3) is 3.38. The highest BCUT2D eigenvalue weighted by Gasteiger charge is 2.24. The summed E-state index contributed by atoms with van der Waals surface area (Å²) in [6.45, 7) is 1.38. The summed E-state index contributed by atoms with van der Waals surface area (Å²) < 4.78 is 11.6. The van der Waals surface area contributed by atoms with Crippen LogP contribution in [-0.2, 0) is 4.74 Å². The number of amides is 1. The van der Waals surface area contributed by atoms with Crippen LogP contribution in [0.5, 0.6) is 5.75 Å². The van der Waals surface area contributed by atoms with Gasteiger partial charge in [-0.25, -0.2) is 4.79 Å². The summed E-state index contributed by atoms with van der Waals surface area (Å²) in [5.41, 5.74) is 0. The van der Waals surface area contributed by atoms with Crippen molar-refractivity contribution in [2.45, 2.75) is 18.9 Å². The largest absolute Gasteiger partial charge is 0.490 e. The van der Waals surface area contributed by atoms with E-state index in [0.29, 0.717) is 13.1 Å². The van der Waals surface area contributed by atoms with Crippen molar-refractivity contribution in [1.82, 2.24) is 4.90 Å². The molecule has 0 atom stereocenters. The van der Waals surface area contributed by atoms with Gasteiger partial charge in [-0.05, 0) is 24.3 Å². The molecule has 1 amide bonds. The highest BCUT2D eigenvalue weighted by Crippen LogP contribution is 2.21. The van der Waals surface area contributed by atoms with E-state index in [9.17, 15) is 4.79 Å². The number of hydrogen-bond acceptors (Lipinski definition) is 3. The molecule has 1 aromatic carbocycles. The number of ether oxygens (including phenoxy) is 2. The molecule has 0 bridgehead atoms. The summed E-state index contributed by atoms with van der Waals surface area (Å²) in [5.74, 6) is 0.870. The van der Waals surface area contributed by atoms with Gasteiger partial charge in [0.05, 0.1) is 7.11 Å². The molecule has 0 radical (unpaired) electrons. The van der Waals surface area contributed by atoms with E-state index in [-0.39, 0.29) is 12.2 Å². The van der Waals surface area contributed by atoms with Crippen molar-refractivity contribution in [1.29, 1.82) is 0 Å². The molecule has 98 valence electrons. The minimum absolute atomic E-state index is 0.173. The number of likely N-dealkylation sites (tertiary alicyclic amines) is 1. The number of carbonyl (C=O) groups excluding carboxylic acids is 1. The lowest BCUT2D eigenvalue weighted by atomic mass is 10.1. The van der Waals surface area contributed by atoms with Crippen molar-refractivity contribution < 1.29 is 14.3 Å². The second-order valence-electron chi connectivity index (χ2n) is 4.23. The number of halogens is 1. The molecule has 1 aromatic rings. The quantitative estimate of drug-likeness (QED) is 0.842. The summed E-state index contributed by atoms with van der Waals surface area (Å²) in [5, 5.41) is 0. The number of hydrogen-bond donors (Lipinski definition) is 0. The molecule has 1 saturated heterocycles. The molecule has 0 aromatic heterocycles. The first kappa shape index (κ1) is 13.2. The van der Waals surface area contributed by atoms with Gasteiger partial charge < -0.3 is 14.4 Å². The van der Waals surface area contributed by atoms with Gasteiger partial charge in [0.2, 0.25) is 0 Å². The van der Waals surface area contributed by atoms with Crippen molar-refractivity contribution in [2.75, 3.05) is 20.2 Å². The van der Waals surface area contributed by atoms with Crippen LogP contribution in [0, 0.1) is 0 Å². The van der Waals surface area contributed by atoms with Crippen LogP contribution in [0.4, 0.5) is 4.79 Å². The summed E-state index contributed by atoms with van der Waals surface area (Å²) in [6.07, 6.45) is 1.60. The van der Waals surface area contributed by atoms with Gasteiger partial charge in [-0.1, -0.05) is 15.9 Å². The first-order chi connectivity index (χ1) is 8.69. The molecule has 0 N–H and O–H groups in total. The maximum atomic E-state index is 11.3. The van der Waals surface area contributed by atoms with E-state index in [1.165, 1.54) is 7.11 Å². The monoisotopic (exact) mass is 313 g/mol. The third-order valence-corrected chi connectivity index (χ3v) is 3.52. The van der Waals surface area contributed by atoms with Gasteiger partial charge in [0.1, 0.15) is 11.9 Å². The molecule has 1 aliphatic rings. The van der Waals surface area contributed by atoms with Gasteiger partial charge in [0, 0.05) is 30.4 Å². The molecule has 2 rings (SSSR count). The first-order valence-corrected chi connectivity index (χ1v) is 6.73. The van der Waals surface area contributed by atoms with E-state index in [0.717, 1.165) is 23.1 Å². The van der Waals surface area contributed by atoms with Crippen LogP contribution in [0.1, 0.15) is 12.8 Å². The average molecular weight is 314 g/mol. The van der Waals surface area contributed by atoms with Crippen LogP contribution in [0.25, 0.3) is 0 Å². The normalized spacial score (nSPS) is 16.4. The summed E-state index contributed by atoms with van der Waals surface area (Å²) in [6, 6.07) is 7.80. The Hall–Kier alpha value is -1.23. The van der Waals surface area contributed by atoms with Crippen LogP contribution in [-0.4, -0.2) is 37.3 Å². The van der Waals surface area contributed by atoms with Crippen LogP contribution < -0.4 is 4.74 Å². The third-order valence-electron chi connectivity index (χ3n) is 2.99. The molecule has 1 aliphatic heterocycles. The topological polar surface area (TPSA) is 38.8 Å². The zero-order chi connectivity index (χ0) is 13.0. The van der Waals surface area contributed by atoms with Gasteiger partial charge in [0.15, 0.2) is 0 Å². The van der Waals surface area contributed by atoms with Gasteiger partial charge in [-0.3, -0.25) is 0 Å². The summed E-state index contributed by atoms with van der Waals surface area (Å²) >= 11 is 3.39. The van der Waals surface area contributed by atoms with Crippen LogP contribution in [0.3, 0.4) is 0 Å². The minimum atomic E-state index is -0.253. The molecule has 18 heavy (non-hydrogen) atoms. The van der Waals surface area contributed by atoms with E-state index in [2.05, 4.69) is 15.9 Å². The molecular formula is C13H16BrNO3. The number of benzene rings is 1. The zero-order valence-electron chi connectivity index (χ0n) is 10.3. The molecule has 4 nitrogen and oxygen atoms in total. The average Bonchev–Trinajstić information content (AvgIpc) is 2.41. The molecule has 0 unspecified atom stereocenters. The number of rotatable bonds is 2. The first-order valence-electron chi connectivity index (χ1n) is 5.94. The Morgan fingerprint density at radius 1 is 1.28 bits per heavy atom. The molecule has 1 fully saturated rings. The van der Waals surface area contributed by atoms with E-state index in [1.54, 1.807) is 4.90 Å². The number of carbonyl (C=O) groups is 1. The predicted octanol–water partition coefficient (Wildman–Crippen LogP) is 3.06. The predicted molar refractivity (Wildman–Crippen MR) is 71.8 cm³/mol. The van der Waals surface area contributed by atoms with Crippen molar-refractivity contribution in [3.63, 3.8) is 0 Å². The summed E-state index contributed by atoms with van der Waals surface area (Å²) in [7, 11) is 1.41. The Balaban J connectivity index is 1.83. The van der Waals surface area contributed by atoms with Crippen molar-refractivity contribution in [2.24, 2.45) is 0 Å². The van der Waals surface area contributed by atoms with Gasteiger partial charge in [0.25, 0.3) is 0 Å². The van der Waals surface area contributed by atoms with Crippen molar-refractivity contribution >= 4 is 22.0 Å². The SMILES string of the molecule is COC(=O)N1CCC(Oc2ccc(Br)cc2)CC1. The molecule has 0 spiro atoms. The van der Waals surface area contributed by atoms with Gasteiger partial charge in [-0.15, -0.1) is 0 Å². The maximum Gasteiger partial charge on any atom is 0.409 e. The lowest BCUT2D eigenvalue weighted by Crippen LogP contribution is -2.41. The van der Waals surface area contributed by atoms with Crippen LogP contribution in [0.15, 0.2) is 28.7 Å². The second kappa shape index (κ2) is 6.09. The fourth-order valence-corrected chi connectivity index (χ4v) is 2.26. The standard InChI is InChI=1S/C13H16BrNO3/c1-17-13(16)15-8-6-12(7-9-15)18-11-4-2-10(14)3-5-11/h2-5,12H,6-9H2,1H3. The molecular weight excluding hydrogens is 298 g/mol. The Morgan fingerprint density at radius 2 is 1.89 bits per heavy atom. The Morgan fingerprint density at radius 3 is 2.44 bits per heavy atom. The fourth-order valence-electron chi connectivity index (χ4n) is 1.99. The van der Waals surface area contributed by atoms with Crippen molar-refractivity contribution in [3.8, 4) is 5.75 Å². The smallest absolute Gasteiger partial charge is 0.409 e. The van der Waals surface area contributed by atoms with E-state index in [1.807, 2.05) is 24.3 Å². The van der Waals surface area contributed by atoms with E-state index in [4.69, 9.17) is 9.47 Å². The fraction of sp³-hybridized carbons (Fsp3) is 0.462. The minimum Gasteiger partial charge on any atom is -0.490 e. The molecule has 0 saturated carbocycles. The van der Waals surface area contributed by atoms with Crippen LogP contribution in [0.2, 0.25) is 0 Å². The molecule has 1 heterocycles. The highest BCUT2D eigenvalue weighted by molar-refractivity contribution is 9.10. The molecule has 5 heteroatoms. The Kier molecular flexibility index (Phi) is 4.47. The number of methoxy groups -OCH3 is 1. The molecule has 0 aliphatic carbocycles. The second-order valence-corrected chi connectivity index (χ2v) is 5.14. The van der Waals surface area contributed by atoms with Gasteiger partial charge >= 0.3 is 6.09 Å². The lowest BCUT2D eigenvalue weighted by molar-refractivity contribution is 0.0791. The van der Waals surface area contributed by atoms with Crippen LogP contribution >= 0.6 is 15.9 Å². The highest BCUT2D eigenvalue weighted by atomic mass is 79.9. The number of piperidine rings is 1. The lowest BCUT2D eigenvalue weighted by Gasteiger charge is -2.31. The van der Waals surface area contributed by atoms with E-state index < -0.39 is 0 Å². The Labute approximate surface area is 115 Å². The van der Waals surface area contributed by atoms with E-state index >= 15 is 0 Å². The zero-order valence-corrected chi connectivity index (χ0v) is 11.9. The van der Waals surface area contributed by atoms with Crippen molar-refractivity contribution in [3.05, 3.63) is 28.7 Å². The van der Waals surface area contributed by atoms with Gasteiger partial charge in [-0.2, -0.15) is 0 Å². The Bertz CT molecular complexity index is 399. The number of nitrogens with zero attached hydrogens (tertiary/aromatic N) is 1. The summed E-state index contributed by atoms with van der Waals surface area (Å²) in [4.78, 5) is 13.0. The maximum absolute atomic E-state index is 11.3.